The molecular weight excluding hydrogens is 467 g/mol. The van der Waals surface area contributed by atoms with Gasteiger partial charge in [-0.25, -0.2) is 9.38 Å². The molecule has 2 aliphatic heterocycles. The van der Waals surface area contributed by atoms with E-state index >= 15 is 0 Å². The molecule has 1 saturated heterocycles. The Kier molecular flexibility index (Phi) is 7.17. The van der Waals surface area contributed by atoms with E-state index in [0.717, 1.165) is 55.3 Å². The molecule has 1 atom stereocenters. The van der Waals surface area contributed by atoms with Crippen molar-refractivity contribution in [1.29, 1.82) is 0 Å². The molecule has 0 amide bonds. The summed E-state index contributed by atoms with van der Waals surface area (Å²) < 4.78 is 20.2. The minimum Gasteiger partial charge on any atom is -0.497 e. The number of halogens is 1. The molecule has 3 heterocycles. The number of H-pyrrole nitrogens is 1. The van der Waals surface area contributed by atoms with Gasteiger partial charge in [0.1, 0.15) is 17.4 Å². The molecule has 2 N–H and O–H groups in total. The normalized spacial score (nSPS) is 20.1. The average molecular weight is 503 g/mol. The van der Waals surface area contributed by atoms with E-state index in [1.54, 1.807) is 19.4 Å². The molecular formula is C30H35FN4O2. The fourth-order valence-electron chi connectivity index (χ4n) is 6.17. The van der Waals surface area contributed by atoms with Crippen LogP contribution in [0.4, 0.5) is 4.39 Å². The summed E-state index contributed by atoms with van der Waals surface area (Å²) in [5.41, 5.74) is 3.80. The van der Waals surface area contributed by atoms with E-state index < -0.39 is 0 Å². The largest absolute Gasteiger partial charge is 0.497 e. The molecule has 3 aromatic rings. The molecule has 1 fully saturated rings. The highest BCUT2D eigenvalue weighted by molar-refractivity contribution is 5.93. The summed E-state index contributed by atoms with van der Waals surface area (Å²) in [6.07, 6.45) is 7.45. The van der Waals surface area contributed by atoms with Gasteiger partial charge in [-0.2, -0.15) is 0 Å². The number of amidine groups is 1. The number of aromatic nitrogens is 1. The maximum atomic E-state index is 14.7. The van der Waals surface area contributed by atoms with Crippen LogP contribution in [0.15, 0.2) is 72.4 Å². The second-order valence-electron chi connectivity index (χ2n) is 9.96. The van der Waals surface area contributed by atoms with Crippen molar-refractivity contribution < 1.29 is 14.2 Å². The molecule has 194 valence electrons. The first-order valence-corrected chi connectivity index (χ1v) is 12.9. The summed E-state index contributed by atoms with van der Waals surface area (Å²) >= 11 is 0. The minimum absolute atomic E-state index is 0.0505. The number of fused-ring (bicyclic) bond motifs is 4. The van der Waals surface area contributed by atoms with Crippen molar-refractivity contribution in [3.63, 3.8) is 0 Å². The number of allylic oxidation sites excluding steroid dienone is 1. The third kappa shape index (κ3) is 4.58. The predicted octanol–water partition coefficient (Wildman–Crippen LogP) is 5.32. The third-order valence-electron chi connectivity index (χ3n) is 7.93. The lowest BCUT2D eigenvalue weighted by molar-refractivity contribution is 0.0516. The van der Waals surface area contributed by atoms with Gasteiger partial charge in [-0.3, -0.25) is 4.90 Å². The molecule has 0 bridgehead atoms. The van der Waals surface area contributed by atoms with E-state index in [0.29, 0.717) is 12.1 Å². The van der Waals surface area contributed by atoms with Crippen LogP contribution in [0.3, 0.4) is 0 Å². The standard InChI is InChI=1S/C30H35FN4O2/c1-4-8-27(32-5-2)34-15-13-30(14-16-34)20-35(18-21-9-6-7-10-24(21)31)26(19-36)29-28(30)23-12-11-22(37-3)17-25(23)33-29/h4-12,17,26,33,36H,2,13-16,18-20H2,1,3H3/b8-4-,32-27?. The van der Waals surface area contributed by atoms with Crippen molar-refractivity contribution in [3.8, 4) is 5.75 Å². The van der Waals surface area contributed by atoms with Gasteiger partial charge in [0.25, 0.3) is 0 Å². The first-order valence-electron chi connectivity index (χ1n) is 12.9. The molecule has 2 aromatic carbocycles. The van der Waals surface area contributed by atoms with E-state index in [1.807, 2.05) is 43.3 Å². The number of hydrogen-bond donors (Lipinski definition) is 2. The number of nitrogens with zero attached hydrogens (tertiary/aromatic N) is 3. The van der Waals surface area contributed by atoms with Gasteiger partial charge in [0, 0.05) is 66.0 Å². The van der Waals surface area contributed by atoms with Crippen LogP contribution in [-0.4, -0.2) is 59.1 Å². The number of aromatic amines is 1. The van der Waals surface area contributed by atoms with Crippen molar-refractivity contribution in [3.05, 3.63) is 90.0 Å². The van der Waals surface area contributed by atoms with Gasteiger partial charge in [-0.05, 0) is 49.6 Å². The second-order valence-corrected chi connectivity index (χ2v) is 9.96. The van der Waals surface area contributed by atoms with Crippen LogP contribution >= 0.6 is 0 Å². The van der Waals surface area contributed by atoms with Gasteiger partial charge in [-0.1, -0.05) is 30.9 Å². The number of rotatable bonds is 6. The average Bonchev–Trinajstić information content (AvgIpc) is 3.30. The van der Waals surface area contributed by atoms with E-state index in [2.05, 4.69) is 32.4 Å². The molecule has 7 heteroatoms. The van der Waals surface area contributed by atoms with Crippen LogP contribution in [0.2, 0.25) is 0 Å². The van der Waals surface area contributed by atoms with Crippen LogP contribution in [0.1, 0.15) is 42.6 Å². The zero-order valence-electron chi connectivity index (χ0n) is 21.6. The van der Waals surface area contributed by atoms with E-state index in [1.165, 1.54) is 17.0 Å². The lowest BCUT2D eigenvalue weighted by Crippen LogP contribution is -2.54. The zero-order valence-corrected chi connectivity index (χ0v) is 21.6. The molecule has 0 aliphatic carbocycles. The molecule has 6 nitrogen and oxygen atoms in total. The van der Waals surface area contributed by atoms with Gasteiger partial charge in [0.2, 0.25) is 0 Å². The molecule has 37 heavy (non-hydrogen) atoms. The lowest BCUT2D eigenvalue weighted by Gasteiger charge is -2.50. The number of hydrogen-bond acceptors (Lipinski definition) is 4. The second kappa shape index (κ2) is 10.5. The van der Waals surface area contributed by atoms with Crippen molar-refractivity contribution >= 4 is 16.7 Å². The number of aliphatic imine (C=N–C) groups is 1. The highest BCUT2D eigenvalue weighted by Gasteiger charge is 2.47. The van der Waals surface area contributed by atoms with Crippen LogP contribution in [0.25, 0.3) is 10.9 Å². The van der Waals surface area contributed by atoms with Gasteiger partial charge in [-0.15, -0.1) is 0 Å². The molecule has 1 spiro atoms. The first-order chi connectivity index (χ1) is 18.0. The molecule has 5 rings (SSSR count). The van der Waals surface area contributed by atoms with Crippen LogP contribution in [0.5, 0.6) is 5.75 Å². The maximum absolute atomic E-state index is 14.7. The van der Waals surface area contributed by atoms with Crippen molar-refractivity contribution in [2.75, 3.05) is 33.4 Å². The number of methoxy groups -OCH3 is 1. The SMILES string of the molecule is C=CN=C(/C=C\C)N1CCC2(CC1)CN(Cc1ccccc1F)C(CO)c1[nH]c3cc(OC)ccc3c12. The smallest absolute Gasteiger partial charge is 0.128 e. The first kappa shape index (κ1) is 25.2. The maximum Gasteiger partial charge on any atom is 0.128 e. The van der Waals surface area contributed by atoms with Crippen molar-refractivity contribution in [2.24, 2.45) is 4.99 Å². The summed E-state index contributed by atoms with van der Waals surface area (Å²) in [6.45, 7) is 8.59. The fourth-order valence-corrected chi connectivity index (χ4v) is 6.17. The molecule has 2 aliphatic rings. The molecule has 0 saturated carbocycles. The summed E-state index contributed by atoms with van der Waals surface area (Å²) in [7, 11) is 1.67. The predicted molar refractivity (Wildman–Crippen MR) is 146 cm³/mol. The summed E-state index contributed by atoms with van der Waals surface area (Å²) in [4.78, 5) is 12.7. The Balaban J connectivity index is 1.58. The fraction of sp³-hybridized carbons (Fsp3) is 0.367. The Morgan fingerprint density at radius 1 is 1.27 bits per heavy atom. The number of nitrogens with one attached hydrogen (secondary N) is 1. The number of aliphatic hydroxyl groups excluding tert-OH is 1. The monoisotopic (exact) mass is 502 g/mol. The van der Waals surface area contributed by atoms with Crippen LogP contribution < -0.4 is 4.74 Å². The summed E-state index contributed by atoms with van der Waals surface area (Å²) in [5, 5.41) is 11.7. The summed E-state index contributed by atoms with van der Waals surface area (Å²) in [6, 6.07) is 12.8. The minimum atomic E-state index is -0.252. The lowest BCUT2D eigenvalue weighted by atomic mass is 9.68. The zero-order chi connectivity index (χ0) is 26.0. The highest BCUT2D eigenvalue weighted by atomic mass is 19.1. The van der Waals surface area contributed by atoms with Gasteiger partial charge >= 0.3 is 0 Å². The molecule has 0 radical (unpaired) electrons. The van der Waals surface area contributed by atoms with Gasteiger partial charge in [0.05, 0.1) is 19.8 Å². The van der Waals surface area contributed by atoms with Crippen molar-refractivity contribution in [2.45, 2.75) is 37.8 Å². The van der Waals surface area contributed by atoms with Crippen LogP contribution in [-0.2, 0) is 12.0 Å². The quantitative estimate of drug-likeness (QED) is 0.354. The Morgan fingerprint density at radius 3 is 2.73 bits per heavy atom. The summed E-state index contributed by atoms with van der Waals surface area (Å²) in [5.74, 6) is 1.49. The molecule has 1 unspecified atom stereocenters. The number of likely N-dealkylation sites (tertiary alicyclic amines) is 1. The highest BCUT2D eigenvalue weighted by Crippen LogP contribution is 2.49. The van der Waals surface area contributed by atoms with E-state index in [4.69, 9.17) is 4.74 Å². The van der Waals surface area contributed by atoms with Crippen molar-refractivity contribution in [1.82, 2.24) is 14.8 Å². The van der Waals surface area contributed by atoms with E-state index in [9.17, 15) is 9.50 Å². The number of piperidine rings is 1. The van der Waals surface area contributed by atoms with Gasteiger partial charge in [0.15, 0.2) is 0 Å². The number of ether oxygens (including phenoxy) is 1. The Hall–Kier alpha value is -3.42. The molecule has 1 aromatic heterocycles. The Labute approximate surface area is 217 Å². The number of aliphatic hydroxyl groups is 1. The number of benzene rings is 2. The van der Waals surface area contributed by atoms with Crippen LogP contribution in [0, 0.1) is 5.82 Å². The third-order valence-corrected chi connectivity index (χ3v) is 7.93. The Morgan fingerprint density at radius 2 is 2.05 bits per heavy atom. The van der Waals surface area contributed by atoms with Gasteiger partial charge < -0.3 is 19.7 Å². The van der Waals surface area contributed by atoms with E-state index in [-0.39, 0.29) is 23.9 Å². The topological polar surface area (TPSA) is 64.1 Å². The Bertz CT molecular complexity index is 1340.